The maximum atomic E-state index is 4.89. The number of rotatable bonds is 3. The standard InChI is InChI=1S/C15H27N/c1-13(15-10-6-3-7-11-15)16-12-14-8-4-2-5-9-14/h14-15H,2-12H2,1H3. The van der Waals surface area contributed by atoms with Gasteiger partial charge < -0.3 is 0 Å². The lowest BCUT2D eigenvalue weighted by molar-refractivity contribution is 0.365. The Bertz CT molecular complexity index is 220. The van der Waals surface area contributed by atoms with Crippen LogP contribution in [0.15, 0.2) is 4.99 Å². The number of hydrogen-bond acceptors (Lipinski definition) is 1. The molecule has 16 heavy (non-hydrogen) atoms. The average Bonchev–Trinajstić information content (AvgIpc) is 2.38. The Kier molecular flexibility index (Phi) is 4.87. The molecule has 0 atom stereocenters. The van der Waals surface area contributed by atoms with Gasteiger partial charge in [-0.15, -0.1) is 0 Å². The van der Waals surface area contributed by atoms with Crippen LogP contribution in [0.3, 0.4) is 0 Å². The molecule has 0 heterocycles. The SMILES string of the molecule is CC(=NCC1CCCCC1)C1CCCCC1. The third kappa shape index (κ3) is 3.61. The minimum absolute atomic E-state index is 0.831. The van der Waals surface area contributed by atoms with E-state index in [1.54, 1.807) is 0 Å². The van der Waals surface area contributed by atoms with Gasteiger partial charge in [-0.3, -0.25) is 4.99 Å². The highest BCUT2D eigenvalue weighted by atomic mass is 14.7. The summed E-state index contributed by atoms with van der Waals surface area (Å²) < 4.78 is 0. The fourth-order valence-corrected chi connectivity index (χ4v) is 3.29. The van der Waals surface area contributed by atoms with Crippen LogP contribution in [0.25, 0.3) is 0 Å². The second kappa shape index (κ2) is 6.42. The van der Waals surface area contributed by atoms with Crippen molar-refractivity contribution in [3.63, 3.8) is 0 Å². The quantitative estimate of drug-likeness (QED) is 0.617. The van der Waals surface area contributed by atoms with Crippen LogP contribution in [-0.4, -0.2) is 12.3 Å². The van der Waals surface area contributed by atoms with Gasteiger partial charge >= 0.3 is 0 Å². The zero-order valence-electron chi connectivity index (χ0n) is 10.9. The van der Waals surface area contributed by atoms with Crippen molar-refractivity contribution in [3.8, 4) is 0 Å². The van der Waals surface area contributed by atoms with E-state index in [1.807, 2.05) is 0 Å². The molecular formula is C15H27N. The van der Waals surface area contributed by atoms with Crippen molar-refractivity contribution in [2.75, 3.05) is 6.54 Å². The molecule has 0 unspecified atom stereocenters. The smallest absolute Gasteiger partial charge is 0.0416 e. The maximum absolute atomic E-state index is 4.89. The van der Waals surface area contributed by atoms with E-state index in [2.05, 4.69) is 6.92 Å². The highest BCUT2D eigenvalue weighted by molar-refractivity contribution is 5.84. The second-order valence-corrected chi connectivity index (χ2v) is 5.82. The van der Waals surface area contributed by atoms with Crippen molar-refractivity contribution >= 4 is 5.71 Å². The van der Waals surface area contributed by atoms with E-state index in [0.29, 0.717) is 0 Å². The minimum Gasteiger partial charge on any atom is -0.294 e. The van der Waals surface area contributed by atoms with Crippen LogP contribution in [-0.2, 0) is 0 Å². The topological polar surface area (TPSA) is 12.4 Å². The largest absolute Gasteiger partial charge is 0.294 e. The summed E-state index contributed by atoms with van der Waals surface area (Å²) in [5.41, 5.74) is 1.46. The molecule has 2 saturated carbocycles. The second-order valence-electron chi connectivity index (χ2n) is 5.82. The van der Waals surface area contributed by atoms with Crippen LogP contribution in [0.1, 0.15) is 71.1 Å². The van der Waals surface area contributed by atoms with Crippen LogP contribution in [0.2, 0.25) is 0 Å². The van der Waals surface area contributed by atoms with Crippen molar-refractivity contribution in [2.24, 2.45) is 16.8 Å². The Balaban J connectivity index is 1.76. The van der Waals surface area contributed by atoms with Gasteiger partial charge in [0.2, 0.25) is 0 Å². The first kappa shape index (κ1) is 12.1. The van der Waals surface area contributed by atoms with Gasteiger partial charge in [0.1, 0.15) is 0 Å². The first-order valence-electron chi connectivity index (χ1n) is 7.37. The van der Waals surface area contributed by atoms with Crippen molar-refractivity contribution < 1.29 is 0 Å². The summed E-state index contributed by atoms with van der Waals surface area (Å²) in [4.78, 5) is 4.89. The Hall–Kier alpha value is -0.330. The molecule has 2 aliphatic rings. The average molecular weight is 221 g/mol. The van der Waals surface area contributed by atoms with E-state index >= 15 is 0 Å². The summed E-state index contributed by atoms with van der Waals surface area (Å²) in [7, 11) is 0. The number of nitrogens with zero attached hydrogens (tertiary/aromatic N) is 1. The molecule has 2 fully saturated rings. The molecule has 0 radical (unpaired) electrons. The van der Waals surface area contributed by atoms with Gasteiger partial charge in [0.05, 0.1) is 0 Å². The Morgan fingerprint density at radius 2 is 1.44 bits per heavy atom. The van der Waals surface area contributed by atoms with Crippen molar-refractivity contribution in [1.29, 1.82) is 0 Å². The summed E-state index contributed by atoms with van der Waals surface area (Å²) in [6.45, 7) is 3.40. The first-order valence-corrected chi connectivity index (χ1v) is 7.37. The van der Waals surface area contributed by atoms with Crippen molar-refractivity contribution in [1.82, 2.24) is 0 Å². The van der Waals surface area contributed by atoms with E-state index in [1.165, 1.54) is 69.9 Å². The minimum atomic E-state index is 0.831. The fourth-order valence-electron chi connectivity index (χ4n) is 3.29. The Morgan fingerprint density at radius 3 is 2.06 bits per heavy atom. The molecule has 0 aliphatic heterocycles. The monoisotopic (exact) mass is 221 g/mol. The molecule has 1 nitrogen and oxygen atoms in total. The van der Waals surface area contributed by atoms with Gasteiger partial charge in [-0.05, 0) is 44.4 Å². The van der Waals surface area contributed by atoms with Gasteiger partial charge in [0.15, 0.2) is 0 Å². The summed E-state index contributed by atoms with van der Waals surface area (Å²) in [5.74, 6) is 1.74. The van der Waals surface area contributed by atoms with Gasteiger partial charge in [-0.2, -0.15) is 0 Å². The van der Waals surface area contributed by atoms with Gasteiger partial charge in [-0.1, -0.05) is 38.5 Å². The predicted molar refractivity (Wildman–Crippen MR) is 71.1 cm³/mol. The Morgan fingerprint density at radius 1 is 0.875 bits per heavy atom. The molecule has 2 rings (SSSR count). The Labute approximate surface area is 101 Å². The molecule has 0 spiro atoms. The van der Waals surface area contributed by atoms with Crippen LogP contribution in [0.4, 0.5) is 0 Å². The van der Waals surface area contributed by atoms with E-state index in [4.69, 9.17) is 4.99 Å². The van der Waals surface area contributed by atoms with Crippen molar-refractivity contribution in [2.45, 2.75) is 71.1 Å². The predicted octanol–water partition coefficient (Wildman–Crippen LogP) is 4.61. The van der Waals surface area contributed by atoms with Crippen molar-refractivity contribution in [3.05, 3.63) is 0 Å². The van der Waals surface area contributed by atoms with Gasteiger partial charge in [0.25, 0.3) is 0 Å². The number of hydrogen-bond donors (Lipinski definition) is 0. The molecule has 0 saturated heterocycles. The zero-order chi connectivity index (χ0) is 11.2. The van der Waals surface area contributed by atoms with Gasteiger partial charge in [-0.25, -0.2) is 0 Å². The molecule has 2 aliphatic carbocycles. The first-order chi connectivity index (χ1) is 7.86. The molecule has 0 aromatic carbocycles. The molecule has 0 aromatic rings. The van der Waals surface area contributed by atoms with E-state index in [-0.39, 0.29) is 0 Å². The molecule has 92 valence electrons. The van der Waals surface area contributed by atoms with Gasteiger partial charge in [0, 0.05) is 12.3 Å². The lowest BCUT2D eigenvalue weighted by Gasteiger charge is -2.23. The fraction of sp³-hybridized carbons (Fsp3) is 0.933. The van der Waals surface area contributed by atoms with E-state index < -0.39 is 0 Å². The van der Waals surface area contributed by atoms with Crippen LogP contribution in [0.5, 0.6) is 0 Å². The molecule has 0 amide bonds. The lowest BCUT2D eigenvalue weighted by Crippen LogP contribution is -2.17. The molecule has 0 N–H and O–H groups in total. The molecular weight excluding hydrogens is 194 g/mol. The van der Waals surface area contributed by atoms with E-state index in [9.17, 15) is 0 Å². The highest BCUT2D eigenvalue weighted by Crippen LogP contribution is 2.26. The zero-order valence-corrected chi connectivity index (χ0v) is 10.9. The normalized spacial score (nSPS) is 25.9. The molecule has 0 bridgehead atoms. The summed E-state index contributed by atoms with van der Waals surface area (Å²) in [6, 6.07) is 0. The summed E-state index contributed by atoms with van der Waals surface area (Å²) >= 11 is 0. The van der Waals surface area contributed by atoms with Crippen LogP contribution in [0, 0.1) is 11.8 Å². The molecule has 0 aromatic heterocycles. The summed E-state index contributed by atoms with van der Waals surface area (Å²) in [5, 5.41) is 0. The third-order valence-corrected chi connectivity index (χ3v) is 4.52. The molecule has 1 heteroatoms. The lowest BCUT2D eigenvalue weighted by atomic mass is 9.86. The maximum Gasteiger partial charge on any atom is 0.0416 e. The highest BCUT2D eigenvalue weighted by Gasteiger charge is 2.17. The van der Waals surface area contributed by atoms with Crippen LogP contribution >= 0.6 is 0 Å². The number of aliphatic imine (C=N–C) groups is 1. The third-order valence-electron chi connectivity index (χ3n) is 4.52. The summed E-state index contributed by atoms with van der Waals surface area (Å²) in [6.07, 6.45) is 14.3. The van der Waals surface area contributed by atoms with Crippen LogP contribution < -0.4 is 0 Å². The van der Waals surface area contributed by atoms with E-state index in [0.717, 1.165) is 18.4 Å².